The van der Waals surface area contributed by atoms with Crippen molar-refractivity contribution in [3.8, 4) is 5.88 Å². The third kappa shape index (κ3) is 3.77. The average molecular weight is 261 g/mol. The van der Waals surface area contributed by atoms with Gasteiger partial charge in [-0.1, -0.05) is 24.5 Å². The molecule has 1 N–H and O–H groups in total. The van der Waals surface area contributed by atoms with E-state index in [0.717, 1.165) is 12.1 Å². The largest absolute Gasteiger partial charge is 0.480 e. The molecule has 0 bridgehead atoms. The van der Waals surface area contributed by atoms with Gasteiger partial charge >= 0.3 is 0 Å². The number of rotatable bonds is 4. The highest BCUT2D eigenvalue weighted by atomic mass is 16.5. The molecule has 0 aliphatic heterocycles. The second-order valence-electron chi connectivity index (χ2n) is 4.95. The quantitative estimate of drug-likeness (QED) is 0.846. The summed E-state index contributed by atoms with van der Waals surface area (Å²) in [5.41, 5.74) is 2.41. The number of aromatic nitrogens is 2. The molecule has 4 nitrogen and oxygen atoms in total. The molecule has 1 aliphatic carbocycles. The van der Waals surface area contributed by atoms with Gasteiger partial charge < -0.3 is 10.1 Å². The lowest BCUT2D eigenvalue weighted by Gasteiger charge is -2.21. The minimum absolute atomic E-state index is 0.177. The van der Waals surface area contributed by atoms with E-state index in [-0.39, 0.29) is 6.04 Å². The Bertz CT molecular complexity index is 414. The first-order chi connectivity index (χ1) is 9.35. The van der Waals surface area contributed by atoms with Gasteiger partial charge in [0.15, 0.2) is 0 Å². The maximum atomic E-state index is 5.06. The fourth-order valence-corrected chi connectivity index (χ4v) is 2.60. The number of hydrogen-bond donors (Lipinski definition) is 1. The second-order valence-corrected chi connectivity index (χ2v) is 4.95. The number of allylic oxidation sites excluding steroid dienone is 1. The van der Waals surface area contributed by atoms with E-state index in [1.165, 1.54) is 37.7 Å². The van der Waals surface area contributed by atoms with Crippen LogP contribution in [0.3, 0.4) is 0 Å². The minimum Gasteiger partial charge on any atom is -0.480 e. The third-order valence-electron chi connectivity index (χ3n) is 3.65. The molecule has 0 radical (unpaired) electrons. The zero-order chi connectivity index (χ0) is 13.5. The molecule has 0 spiro atoms. The molecule has 19 heavy (non-hydrogen) atoms. The fourth-order valence-electron chi connectivity index (χ4n) is 2.60. The average Bonchev–Trinajstić information content (AvgIpc) is 2.42. The molecule has 4 heteroatoms. The van der Waals surface area contributed by atoms with E-state index in [4.69, 9.17) is 4.74 Å². The van der Waals surface area contributed by atoms with Crippen molar-refractivity contribution >= 4 is 0 Å². The standard InChI is InChI=1S/C15H23N3O/c1-16-15(12-8-6-4-3-5-7-9-12)13-10-11-14(19-2)18-17-13/h8,10-11,15-16H,3-7,9H2,1-2H3/b12-8+. The summed E-state index contributed by atoms with van der Waals surface area (Å²) in [5.74, 6) is 0.560. The molecule has 1 atom stereocenters. The molecular formula is C15H23N3O. The van der Waals surface area contributed by atoms with Crippen LogP contribution in [0.15, 0.2) is 23.8 Å². The minimum atomic E-state index is 0.177. The highest BCUT2D eigenvalue weighted by Gasteiger charge is 2.17. The maximum Gasteiger partial charge on any atom is 0.233 e. The summed E-state index contributed by atoms with van der Waals surface area (Å²) in [6, 6.07) is 4.04. The van der Waals surface area contributed by atoms with Gasteiger partial charge in [-0.3, -0.25) is 0 Å². The van der Waals surface area contributed by atoms with Crippen LogP contribution in [-0.4, -0.2) is 24.4 Å². The molecule has 0 amide bonds. The van der Waals surface area contributed by atoms with Crippen molar-refractivity contribution in [2.24, 2.45) is 0 Å². The molecule has 1 aliphatic rings. The smallest absolute Gasteiger partial charge is 0.233 e. The van der Waals surface area contributed by atoms with Crippen molar-refractivity contribution in [1.29, 1.82) is 0 Å². The predicted octanol–water partition coefficient (Wildman–Crippen LogP) is 3.03. The van der Waals surface area contributed by atoms with E-state index < -0.39 is 0 Å². The van der Waals surface area contributed by atoms with Gasteiger partial charge in [0.1, 0.15) is 0 Å². The first-order valence-corrected chi connectivity index (χ1v) is 7.09. The summed E-state index contributed by atoms with van der Waals surface area (Å²) in [7, 11) is 3.59. The van der Waals surface area contributed by atoms with Crippen molar-refractivity contribution < 1.29 is 4.74 Å². The summed E-state index contributed by atoms with van der Waals surface area (Å²) in [6.45, 7) is 0. The van der Waals surface area contributed by atoms with Crippen LogP contribution in [0.25, 0.3) is 0 Å². The van der Waals surface area contributed by atoms with Crippen LogP contribution in [0.4, 0.5) is 0 Å². The molecule has 0 saturated carbocycles. The Labute approximate surface area is 115 Å². The third-order valence-corrected chi connectivity index (χ3v) is 3.65. The van der Waals surface area contributed by atoms with Gasteiger partial charge in [0.25, 0.3) is 0 Å². The lowest BCUT2D eigenvalue weighted by Crippen LogP contribution is -2.21. The molecule has 104 valence electrons. The van der Waals surface area contributed by atoms with E-state index >= 15 is 0 Å². The number of nitrogens with zero attached hydrogens (tertiary/aromatic N) is 2. The van der Waals surface area contributed by atoms with Gasteiger partial charge in [-0.25, -0.2) is 0 Å². The predicted molar refractivity (Wildman–Crippen MR) is 76.2 cm³/mol. The first-order valence-electron chi connectivity index (χ1n) is 7.09. The van der Waals surface area contributed by atoms with Crippen molar-refractivity contribution in [2.45, 2.75) is 44.6 Å². The highest BCUT2D eigenvalue weighted by Crippen LogP contribution is 2.27. The molecule has 0 aromatic carbocycles. The summed E-state index contributed by atoms with van der Waals surface area (Å²) in [5, 5.41) is 11.7. The zero-order valence-corrected chi connectivity index (χ0v) is 11.9. The van der Waals surface area contributed by atoms with E-state index in [9.17, 15) is 0 Å². The Hall–Kier alpha value is -1.42. The van der Waals surface area contributed by atoms with Crippen LogP contribution in [0.2, 0.25) is 0 Å². The summed E-state index contributed by atoms with van der Waals surface area (Å²) in [4.78, 5) is 0. The molecule has 1 heterocycles. The van der Waals surface area contributed by atoms with Crippen LogP contribution in [-0.2, 0) is 0 Å². The Morgan fingerprint density at radius 2 is 2.00 bits per heavy atom. The lowest BCUT2D eigenvalue weighted by atomic mass is 9.93. The van der Waals surface area contributed by atoms with Gasteiger partial charge in [-0.05, 0) is 38.8 Å². The summed E-state index contributed by atoms with van der Waals surface area (Å²) >= 11 is 0. The number of hydrogen-bond acceptors (Lipinski definition) is 4. The Morgan fingerprint density at radius 1 is 1.16 bits per heavy atom. The first kappa shape index (κ1) is 14.0. The van der Waals surface area contributed by atoms with Crippen LogP contribution in [0.5, 0.6) is 5.88 Å². The van der Waals surface area contributed by atoms with E-state index in [0.29, 0.717) is 5.88 Å². The molecule has 1 aromatic heterocycles. The van der Waals surface area contributed by atoms with E-state index in [1.807, 2.05) is 19.2 Å². The lowest BCUT2D eigenvalue weighted by molar-refractivity contribution is 0.390. The normalized spacial score (nSPS) is 20.8. The van der Waals surface area contributed by atoms with Crippen LogP contribution >= 0.6 is 0 Å². The van der Waals surface area contributed by atoms with Crippen LogP contribution in [0.1, 0.15) is 50.3 Å². The van der Waals surface area contributed by atoms with Crippen LogP contribution in [0, 0.1) is 0 Å². The number of nitrogens with one attached hydrogen (secondary N) is 1. The monoisotopic (exact) mass is 261 g/mol. The van der Waals surface area contributed by atoms with Crippen molar-refractivity contribution in [1.82, 2.24) is 15.5 Å². The summed E-state index contributed by atoms with van der Waals surface area (Å²) < 4.78 is 5.06. The van der Waals surface area contributed by atoms with E-state index in [1.54, 1.807) is 7.11 Å². The Kier molecular flexibility index (Phi) is 5.33. The van der Waals surface area contributed by atoms with Gasteiger partial charge in [0, 0.05) is 6.07 Å². The van der Waals surface area contributed by atoms with Crippen molar-refractivity contribution in [2.75, 3.05) is 14.2 Å². The number of likely N-dealkylation sites (N-methyl/N-ethyl adjacent to an activating group) is 1. The SMILES string of the molecule is CNC(/C1=C/CCCCCC1)c1ccc(OC)nn1. The van der Waals surface area contributed by atoms with Crippen molar-refractivity contribution in [3.63, 3.8) is 0 Å². The Balaban J connectivity index is 2.16. The van der Waals surface area contributed by atoms with Gasteiger partial charge in [0.2, 0.25) is 5.88 Å². The van der Waals surface area contributed by atoms with Crippen molar-refractivity contribution in [3.05, 3.63) is 29.5 Å². The second kappa shape index (κ2) is 7.24. The van der Waals surface area contributed by atoms with Gasteiger partial charge in [0.05, 0.1) is 18.8 Å². The topological polar surface area (TPSA) is 47.0 Å². The van der Waals surface area contributed by atoms with Gasteiger partial charge in [-0.15, -0.1) is 10.2 Å². The molecule has 2 rings (SSSR count). The molecular weight excluding hydrogens is 238 g/mol. The fraction of sp³-hybridized carbons (Fsp3) is 0.600. The summed E-state index contributed by atoms with van der Waals surface area (Å²) in [6.07, 6.45) is 9.97. The van der Waals surface area contributed by atoms with E-state index in [2.05, 4.69) is 21.6 Å². The van der Waals surface area contributed by atoms with Gasteiger partial charge in [-0.2, -0.15) is 0 Å². The maximum absolute atomic E-state index is 5.06. The Morgan fingerprint density at radius 3 is 2.68 bits per heavy atom. The number of methoxy groups -OCH3 is 1. The molecule has 1 unspecified atom stereocenters. The molecule has 0 saturated heterocycles. The highest BCUT2D eigenvalue weighted by molar-refractivity contribution is 5.24. The number of ether oxygens (including phenoxy) is 1. The zero-order valence-electron chi connectivity index (χ0n) is 11.9. The molecule has 0 fully saturated rings. The van der Waals surface area contributed by atoms with Crippen LogP contribution < -0.4 is 10.1 Å². The molecule has 1 aromatic rings.